The molecular formula is C12H15N3O. The van der Waals surface area contributed by atoms with Gasteiger partial charge >= 0.3 is 0 Å². The molecule has 0 bridgehead atoms. The van der Waals surface area contributed by atoms with E-state index < -0.39 is 0 Å². The SMILES string of the molecule is CCONCc1cn[nH]c1-c1ccccc1. The number of benzene rings is 1. The molecule has 0 amide bonds. The predicted molar refractivity (Wildman–Crippen MR) is 62.5 cm³/mol. The molecule has 0 unspecified atom stereocenters. The molecule has 4 heteroatoms. The summed E-state index contributed by atoms with van der Waals surface area (Å²) in [6.45, 7) is 3.24. The Morgan fingerprint density at radius 2 is 2.12 bits per heavy atom. The van der Waals surface area contributed by atoms with Crippen LogP contribution in [0.25, 0.3) is 11.3 Å². The normalized spacial score (nSPS) is 10.6. The Bertz CT molecular complexity index is 425. The molecule has 2 aromatic rings. The smallest absolute Gasteiger partial charge is 0.0696 e. The lowest BCUT2D eigenvalue weighted by atomic mass is 10.1. The van der Waals surface area contributed by atoms with Crippen molar-refractivity contribution in [3.05, 3.63) is 42.1 Å². The summed E-state index contributed by atoms with van der Waals surface area (Å²) in [6.07, 6.45) is 1.81. The predicted octanol–water partition coefficient (Wildman–Crippen LogP) is 2.12. The van der Waals surface area contributed by atoms with Gasteiger partial charge in [0.2, 0.25) is 0 Å². The number of nitrogens with zero attached hydrogens (tertiary/aromatic N) is 1. The lowest BCUT2D eigenvalue weighted by molar-refractivity contribution is 0.0464. The van der Waals surface area contributed by atoms with Crippen molar-refractivity contribution < 1.29 is 4.84 Å². The maximum Gasteiger partial charge on any atom is 0.0696 e. The molecule has 0 aliphatic heterocycles. The van der Waals surface area contributed by atoms with Gasteiger partial charge < -0.3 is 4.84 Å². The monoisotopic (exact) mass is 217 g/mol. The number of aromatic nitrogens is 2. The third kappa shape index (κ3) is 2.48. The number of rotatable bonds is 5. The van der Waals surface area contributed by atoms with E-state index in [-0.39, 0.29) is 0 Å². The lowest BCUT2D eigenvalue weighted by Crippen LogP contribution is -2.13. The molecule has 0 atom stereocenters. The number of aromatic amines is 1. The van der Waals surface area contributed by atoms with Gasteiger partial charge in [0.1, 0.15) is 0 Å². The summed E-state index contributed by atoms with van der Waals surface area (Å²) in [5.74, 6) is 0. The van der Waals surface area contributed by atoms with Crippen LogP contribution in [-0.4, -0.2) is 16.8 Å². The second-order valence-corrected chi connectivity index (χ2v) is 3.39. The first-order valence-corrected chi connectivity index (χ1v) is 5.34. The first kappa shape index (κ1) is 10.9. The van der Waals surface area contributed by atoms with Gasteiger partial charge in [-0.3, -0.25) is 5.10 Å². The fourth-order valence-corrected chi connectivity index (χ4v) is 1.53. The van der Waals surface area contributed by atoms with Gasteiger partial charge in [-0.25, -0.2) is 0 Å². The molecular weight excluding hydrogens is 202 g/mol. The third-order valence-electron chi connectivity index (χ3n) is 2.29. The van der Waals surface area contributed by atoms with Crippen molar-refractivity contribution in [3.63, 3.8) is 0 Å². The van der Waals surface area contributed by atoms with Gasteiger partial charge in [-0.15, -0.1) is 0 Å². The van der Waals surface area contributed by atoms with Crippen molar-refractivity contribution in [3.8, 4) is 11.3 Å². The van der Waals surface area contributed by atoms with Crippen LogP contribution < -0.4 is 5.48 Å². The van der Waals surface area contributed by atoms with Gasteiger partial charge in [-0.2, -0.15) is 10.6 Å². The van der Waals surface area contributed by atoms with E-state index in [4.69, 9.17) is 4.84 Å². The Hall–Kier alpha value is -1.65. The number of hydrogen-bond acceptors (Lipinski definition) is 3. The van der Waals surface area contributed by atoms with Crippen LogP contribution >= 0.6 is 0 Å². The summed E-state index contributed by atoms with van der Waals surface area (Å²) in [5, 5.41) is 7.06. The molecule has 16 heavy (non-hydrogen) atoms. The van der Waals surface area contributed by atoms with Crippen LogP contribution in [0.1, 0.15) is 12.5 Å². The zero-order valence-electron chi connectivity index (χ0n) is 9.23. The zero-order chi connectivity index (χ0) is 11.2. The minimum atomic E-state index is 0.647. The summed E-state index contributed by atoms with van der Waals surface area (Å²) < 4.78 is 0. The minimum Gasteiger partial charge on any atom is -0.302 e. The average molecular weight is 217 g/mol. The van der Waals surface area contributed by atoms with Crippen molar-refractivity contribution in [1.29, 1.82) is 0 Å². The summed E-state index contributed by atoms with van der Waals surface area (Å²) in [4.78, 5) is 5.11. The van der Waals surface area contributed by atoms with Crippen molar-refractivity contribution in [2.24, 2.45) is 0 Å². The van der Waals surface area contributed by atoms with E-state index >= 15 is 0 Å². The van der Waals surface area contributed by atoms with Crippen molar-refractivity contribution >= 4 is 0 Å². The Morgan fingerprint density at radius 3 is 2.88 bits per heavy atom. The van der Waals surface area contributed by atoms with Crippen LogP contribution in [0.15, 0.2) is 36.5 Å². The van der Waals surface area contributed by atoms with Crippen LogP contribution in [0.3, 0.4) is 0 Å². The van der Waals surface area contributed by atoms with Crippen molar-refractivity contribution in [2.45, 2.75) is 13.5 Å². The van der Waals surface area contributed by atoms with Gasteiger partial charge in [0.15, 0.2) is 0 Å². The molecule has 1 aromatic heterocycles. The molecule has 84 valence electrons. The first-order valence-electron chi connectivity index (χ1n) is 5.34. The molecule has 0 aliphatic rings. The molecule has 0 saturated carbocycles. The molecule has 0 radical (unpaired) electrons. The van der Waals surface area contributed by atoms with E-state index in [0.717, 1.165) is 16.8 Å². The highest BCUT2D eigenvalue weighted by Crippen LogP contribution is 2.20. The summed E-state index contributed by atoms with van der Waals surface area (Å²) in [6, 6.07) is 10.1. The second-order valence-electron chi connectivity index (χ2n) is 3.39. The number of nitrogens with one attached hydrogen (secondary N) is 2. The van der Waals surface area contributed by atoms with Crippen LogP contribution in [-0.2, 0) is 11.4 Å². The highest BCUT2D eigenvalue weighted by Gasteiger charge is 2.06. The van der Waals surface area contributed by atoms with E-state index in [1.54, 1.807) is 0 Å². The van der Waals surface area contributed by atoms with Gasteiger partial charge in [-0.1, -0.05) is 30.3 Å². The van der Waals surface area contributed by atoms with E-state index in [1.807, 2.05) is 31.3 Å². The molecule has 4 nitrogen and oxygen atoms in total. The van der Waals surface area contributed by atoms with Crippen molar-refractivity contribution in [1.82, 2.24) is 15.7 Å². The molecule has 2 N–H and O–H groups in total. The van der Waals surface area contributed by atoms with Gasteiger partial charge in [0.25, 0.3) is 0 Å². The van der Waals surface area contributed by atoms with Gasteiger partial charge in [0, 0.05) is 12.1 Å². The third-order valence-corrected chi connectivity index (χ3v) is 2.29. The topological polar surface area (TPSA) is 49.9 Å². The van der Waals surface area contributed by atoms with Crippen LogP contribution in [0.5, 0.6) is 0 Å². The quantitative estimate of drug-likeness (QED) is 0.595. The molecule has 2 rings (SSSR count). The summed E-state index contributed by atoms with van der Waals surface area (Å²) in [5.41, 5.74) is 6.15. The van der Waals surface area contributed by atoms with Gasteiger partial charge in [0.05, 0.1) is 18.5 Å². The fraction of sp³-hybridized carbons (Fsp3) is 0.250. The van der Waals surface area contributed by atoms with E-state index in [2.05, 4.69) is 27.8 Å². The summed E-state index contributed by atoms with van der Waals surface area (Å²) >= 11 is 0. The van der Waals surface area contributed by atoms with Crippen LogP contribution in [0.2, 0.25) is 0 Å². The Balaban J connectivity index is 2.13. The summed E-state index contributed by atoms with van der Waals surface area (Å²) in [7, 11) is 0. The molecule has 0 aliphatic carbocycles. The van der Waals surface area contributed by atoms with E-state index in [0.29, 0.717) is 13.2 Å². The first-order chi connectivity index (χ1) is 7.92. The van der Waals surface area contributed by atoms with Crippen LogP contribution in [0.4, 0.5) is 0 Å². The second kappa shape index (κ2) is 5.44. The number of H-pyrrole nitrogens is 1. The standard InChI is InChI=1S/C12H15N3O/c1-2-16-14-9-11-8-13-15-12(11)10-6-4-3-5-7-10/h3-8,14H,2,9H2,1H3,(H,13,15). The number of hydrogen-bond donors (Lipinski definition) is 2. The van der Waals surface area contributed by atoms with Crippen molar-refractivity contribution in [2.75, 3.05) is 6.61 Å². The van der Waals surface area contributed by atoms with E-state index in [9.17, 15) is 0 Å². The van der Waals surface area contributed by atoms with E-state index in [1.165, 1.54) is 0 Å². The molecule has 1 aromatic carbocycles. The lowest BCUT2D eigenvalue weighted by Gasteiger charge is -2.04. The minimum absolute atomic E-state index is 0.647. The maximum atomic E-state index is 5.11. The Kier molecular flexibility index (Phi) is 3.69. The zero-order valence-corrected chi connectivity index (χ0v) is 9.23. The molecule has 0 saturated heterocycles. The highest BCUT2D eigenvalue weighted by molar-refractivity contribution is 5.62. The largest absolute Gasteiger partial charge is 0.302 e. The van der Waals surface area contributed by atoms with Crippen LogP contribution in [0, 0.1) is 0 Å². The Morgan fingerprint density at radius 1 is 1.31 bits per heavy atom. The van der Waals surface area contributed by atoms with Gasteiger partial charge in [-0.05, 0) is 12.5 Å². The highest BCUT2D eigenvalue weighted by atomic mass is 16.6. The number of hydroxylamine groups is 1. The molecule has 1 heterocycles. The Labute approximate surface area is 94.6 Å². The molecule has 0 spiro atoms. The average Bonchev–Trinajstić information content (AvgIpc) is 2.79. The maximum absolute atomic E-state index is 5.11. The fourth-order valence-electron chi connectivity index (χ4n) is 1.53. The molecule has 0 fully saturated rings.